The second-order valence-corrected chi connectivity index (χ2v) is 8.18. The van der Waals surface area contributed by atoms with Gasteiger partial charge in [-0.3, -0.25) is 14.5 Å². The Morgan fingerprint density at radius 3 is 2.67 bits per heavy atom. The monoisotopic (exact) mass is 413 g/mol. The minimum absolute atomic E-state index is 0.0748. The van der Waals surface area contributed by atoms with Crippen LogP contribution in [0.5, 0.6) is 0 Å². The maximum Gasteiger partial charge on any atom is 0.356 e. The van der Waals surface area contributed by atoms with Crippen molar-refractivity contribution in [1.29, 1.82) is 0 Å². The fraction of sp³-hybridized carbons (Fsp3) is 0.438. The summed E-state index contributed by atoms with van der Waals surface area (Å²) < 4.78 is 10.5. The Labute approximate surface area is 163 Å². The molecule has 11 heteroatoms. The van der Waals surface area contributed by atoms with Crippen LogP contribution >= 0.6 is 23.1 Å². The molecule has 0 radical (unpaired) electrons. The molecule has 1 fully saturated rings. The number of carbonyl (C=O) groups is 3. The number of rotatable bonds is 7. The lowest BCUT2D eigenvalue weighted by Gasteiger charge is -2.55. The maximum absolute atomic E-state index is 12.8. The predicted molar refractivity (Wildman–Crippen MR) is 98.6 cm³/mol. The molecule has 2 aliphatic rings. The van der Waals surface area contributed by atoms with E-state index >= 15 is 0 Å². The number of thioether (sulfide) groups is 1. The van der Waals surface area contributed by atoms with Crippen LogP contribution in [0.2, 0.25) is 0 Å². The molecular weight excluding hydrogens is 394 g/mol. The molecule has 0 saturated carbocycles. The number of hydrogen-bond donors (Lipinski definition) is 3. The van der Waals surface area contributed by atoms with E-state index in [9.17, 15) is 19.5 Å². The van der Waals surface area contributed by atoms with Crippen molar-refractivity contribution in [2.24, 2.45) is 5.73 Å². The molecule has 3 rings (SSSR count). The molecule has 1 aromatic heterocycles. The quantitative estimate of drug-likeness (QED) is 0.423. The molecule has 0 aromatic carbocycles. The van der Waals surface area contributed by atoms with Gasteiger partial charge in [0.1, 0.15) is 11.1 Å². The first-order valence-electron chi connectivity index (χ1n) is 7.97. The third kappa shape index (κ3) is 3.20. The minimum atomic E-state index is -1.60. The van der Waals surface area contributed by atoms with Gasteiger partial charge in [0.15, 0.2) is 5.70 Å². The number of carboxylic acid groups (broad SMARTS) is 1. The number of hydrogen-bond acceptors (Lipinski definition) is 8. The van der Waals surface area contributed by atoms with Gasteiger partial charge in [0.2, 0.25) is 5.91 Å². The van der Waals surface area contributed by atoms with E-state index in [1.807, 2.05) is 12.1 Å². The summed E-state index contributed by atoms with van der Waals surface area (Å²) in [6.45, 7) is 0.395. The van der Waals surface area contributed by atoms with Gasteiger partial charge < -0.3 is 25.6 Å². The average Bonchev–Trinajstić information content (AvgIpc) is 3.11. The molecule has 0 bridgehead atoms. The number of amides is 2. The number of carboxylic acids is 1. The highest BCUT2D eigenvalue weighted by Gasteiger charge is 2.67. The van der Waals surface area contributed by atoms with E-state index < -0.39 is 28.9 Å². The van der Waals surface area contributed by atoms with Gasteiger partial charge in [0.05, 0.1) is 19.3 Å². The largest absolute Gasteiger partial charge is 0.498 e. The molecule has 2 amide bonds. The van der Waals surface area contributed by atoms with Crippen LogP contribution in [0.25, 0.3) is 0 Å². The van der Waals surface area contributed by atoms with E-state index in [-0.39, 0.29) is 23.6 Å². The number of β-lactam (4-membered cyclic amide) rings is 1. The van der Waals surface area contributed by atoms with Crippen molar-refractivity contribution in [2.45, 2.75) is 24.1 Å². The Hall–Kier alpha value is -2.08. The van der Waals surface area contributed by atoms with E-state index in [1.165, 1.54) is 37.3 Å². The summed E-state index contributed by atoms with van der Waals surface area (Å²) in [7, 11) is 2.66. The van der Waals surface area contributed by atoms with Crippen LogP contribution in [-0.4, -0.2) is 58.9 Å². The van der Waals surface area contributed by atoms with Crippen LogP contribution in [0.4, 0.5) is 0 Å². The third-order valence-corrected chi connectivity index (χ3v) is 6.74. The topological polar surface area (TPSA) is 131 Å². The first kappa shape index (κ1) is 19.7. The molecule has 2 aliphatic heterocycles. The number of fused-ring (bicyclic) bond motifs is 1. The molecule has 0 spiro atoms. The van der Waals surface area contributed by atoms with Crippen molar-refractivity contribution in [3.05, 3.63) is 33.3 Å². The molecule has 4 N–H and O–H groups in total. The van der Waals surface area contributed by atoms with Crippen LogP contribution in [0.3, 0.4) is 0 Å². The molecule has 0 unspecified atom stereocenters. The lowest BCUT2D eigenvalue weighted by Crippen LogP contribution is -2.80. The number of carbonyl (C=O) groups excluding carboxylic acids is 2. The summed E-state index contributed by atoms with van der Waals surface area (Å²) >= 11 is 2.69. The van der Waals surface area contributed by atoms with Crippen molar-refractivity contribution in [3.63, 3.8) is 0 Å². The van der Waals surface area contributed by atoms with E-state index in [2.05, 4.69) is 5.32 Å². The van der Waals surface area contributed by atoms with Crippen molar-refractivity contribution in [1.82, 2.24) is 10.2 Å². The lowest BCUT2D eigenvalue weighted by atomic mass is 9.99. The number of thiophene rings is 1. The summed E-state index contributed by atoms with van der Waals surface area (Å²) in [6, 6.07) is 3.66. The minimum Gasteiger partial charge on any atom is -0.498 e. The van der Waals surface area contributed by atoms with Crippen molar-refractivity contribution >= 4 is 40.9 Å². The highest BCUT2D eigenvalue weighted by molar-refractivity contribution is 8.00. The van der Waals surface area contributed by atoms with Gasteiger partial charge in [-0.2, -0.15) is 0 Å². The van der Waals surface area contributed by atoms with E-state index in [0.717, 1.165) is 14.7 Å². The van der Waals surface area contributed by atoms with Gasteiger partial charge >= 0.3 is 5.97 Å². The van der Waals surface area contributed by atoms with E-state index in [1.54, 1.807) is 0 Å². The Bertz CT molecular complexity index is 823. The second kappa shape index (κ2) is 7.50. The molecule has 0 aliphatic carbocycles. The van der Waals surface area contributed by atoms with Crippen LogP contribution in [0, 0.1) is 0 Å². The smallest absolute Gasteiger partial charge is 0.356 e. The Kier molecular flexibility index (Phi) is 5.47. The lowest BCUT2D eigenvalue weighted by molar-refractivity contribution is -0.192. The zero-order valence-corrected chi connectivity index (χ0v) is 16.3. The maximum atomic E-state index is 12.8. The van der Waals surface area contributed by atoms with Crippen molar-refractivity contribution in [3.8, 4) is 0 Å². The van der Waals surface area contributed by atoms with Gasteiger partial charge in [-0.05, 0) is 12.1 Å². The number of aliphatic carboxylic acids is 1. The SMILES string of the molecule is COC1=C(C(=O)O)N2C(=O)[C@](NC(=O)Cc3ccc(CN)s3)(OC)[C@H]2SC1. The summed E-state index contributed by atoms with van der Waals surface area (Å²) in [6.07, 6.45) is 0.0748. The molecule has 9 nitrogen and oxygen atoms in total. The summed E-state index contributed by atoms with van der Waals surface area (Å²) in [5.41, 5.74) is 3.75. The summed E-state index contributed by atoms with van der Waals surface area (Å²) in [4.78, 5) is 39.7. The molecule has 3 heterocycles. The highest BCUT2D eigenvalue weighted by atomic mass is 32.2. The Morgan fingerprint density at radius 1 is 1.41 bits per heavy atom. The van der Waals surface area contributed by atoms with Crippen molar-refractivity contribution < 1.29 is 29.0 Å². The standard InChI is InChI=1S/C16H19N3O6S2/c1-24-10-7-26-15-16(25-2,14(23)19(15)12(10)13(21)22)18-11(20)5-8-3-4-9(6-17)27-8/h3-4,15H,5-7,17H2,1-2H3,(H,18,20)(H,21,22)/t15-,16+/m1/s1. The zero-order chi connectivity index (χ0) is 19.8. The van der Waals surface area contributed by atoms with Gasteiger partial charge in [-0.15, -0.1) is 23.1 Å². The van der Waals surface area contributed by atoms with Gasteiger partial charge in [0, 0.05) is 23.4 Å². The van der Waals surface area contributed by atoms with E-state index in [4.69, 9.17) is 15.2 Å². The fourth-order valence-electron chi connectivity index (χ4n) is 3.04. The molecule has 1 saturated heterocycles. The normalized spacial score (nSPS) is 24.3. The number of methoxy groups -OCH3 is 2. The number of nitrogens with zero attached hydrogens (tertiary/aromatic N) is 1. The summed E-state index contributed by atoms with van der Waals surface area (Å²) in [5.74, 6) is -1.86. The average molecular weight is 413 g/mol. The van der Waals surface area contributed by atoms with Crippen LogP contribution in [-0.2, 0) is 36.8 Å². The number of nitrogens with one attached hydrogen (secondary N) is 1. The molecule has 2 atom stereocenters. The predicted octanol–water partition coefficient (Wildman–Crippen LogP) is 0.0659. The zero-order valence-electron chi connectivity index (χ0n) is 14.7. The molecule has 146 valence electrons. The fourth-order valence-corrected chi connectivity index (χ4v) is 5.34. The van der Waals surface area contributed by atoms with Crippen LogP contribution < -0.4 is 11.1 Å². The first-order chi connectivity index (χ1) is 12.9. The Balaban J connectivity index is 1.79. The highest BCUT2D eigenvalue weighted by Crippen LogP contribution is 2.46. The number of ether oxygens (including phenoxy) is 2. The van der Waals surface area contributed by atoms with Crippen LogP contribution in [0.1, 0.15) is 9.75 Å². The molecule has 27 heavy (non-hydrogen) atoms. The second-order valence-electron chi connectivity index (χ2n) is 5.86. The third-order valence-electron chi connectivity index (χ3n) is 4.35. The Morgan fingerprint density at radius 2 is 2.11 bits per heavy atom. The van der Waals surface area contributed by atoms with Crippen LogP contribution in [0.15, 0.2) is 23.6 Å². The molecule has 1 aromatic rings. The molecular formula is C16H19N3O6S2. The van der Waals surface area contributed by atoms with Gasteiger partial charge in [0.25, 0.3) is 11.6 Å². The van der Waals surface area contributed by atoms with Gasteiger partial charge in [-0.25, -0.2) is 4.79 Å². The van der Waals surface area contributed by atoms with Gasteiger partial charge in [-0.1, -0.05) is 0 Å². The first-order valence-corrected chi connectivity index (χ1v) is 9.84. The number of nitrogens with two attached hydrogens (primary N) is 1. The van der Waals surface area contributed by atoms with E-state index in [0.29, 0.717) is 6.54 Å². The van der Waals surface area contributed by atoms with Crippen molar-refractivity contribution in [2.75, 3.05) is 20.0 Å². The summed E-state index contributed by atoms with van der Waals surface area (Å²) in [5, 5.41) is 11.4.